The smallest absolute Gasteiger partial charge is 0.253 e. The van der Waals surface area contributed by atoms with Gasteiger partial charge in [0.15, 0.2) is 0 Å². The third kappa shape index (κ3) is 4.30. The lowest BCUT2D eigenvalue weighted by atomic mass is 10.1. The number of anilines is 3. The van der Waals surface area contributed by atoms with Gasteiger partial charge in [-0.1, -0.05) is 5.92 Å². The lowest BCUT2D eigenvalue weighted by Gasteiger charge is -2.35. The van der Waals surface area contributed by atoms with Gasteiger partial charge in [-0.05, 0) is 50.8 Å². The van der Waals surface area contributed by atoms with E-state index in [1.165, 1.54) is 17.3 Å². The number of aryl methyl sites for hydroxylation is 1. The van der Waals surface area contributed by atoms with Crippen molar-refractivity contribution < 1.29 is 0 Å². The standard InChI is InChI=1S/C25H29N7O/c1-4-18-15-23(33)32-9-5-8-30(3)17-19-14-20(27-25-26-16-21(18)24(32)28-25)6-7-22(19)31-12-10-29(2)11-13-31/h1,6-7,14-16H,5,8-13,17H2,2-3H3,(H,26,27,28). The van der Waals surface area contributed by atoms with Gasteiger partial charge in [-0.2, -0.15) is 4.98 Å². The fourth-order valence-corrected chi connectivity index (χ4v) is 4.69. The van der Waals surface area contributed by atoms with Crippen molar-refractivity contribution in [1.82, 2.24) is 24.3 Å². The number of terminal acetylenes is 1. The van der Waals surface area contributed by atoms with Gasteiger partial charge in [-0.25, -0.2) is 4.98 Å². The molecule has 8 heteroatoms. The predicted octanol–water partition coefficient (Wildman–Crippen LogP) is 2.10. The third-order valence-electron chi connectivity index (χ3n) is 6.55. The highest BCUT2D eigenvalue weighted by Gasteiger charge is 2.19. The number of likely N-dealkylation sites (N-methyl/N-ethyl adjacent to an activating group) is 1. The van der Waals surface area contributed by atoms with Gasteiger partial charge in [0.1, 0.15) is 5.65 Å². The van der Waals surface area contributed by atoms with Crippen LogP contribution in [0.5, 0.6) is 0 Å². The van der Waals surface area contributed by atoms with Crippen LogP contribution >= 0.6 is 0 Å². The molecular formula is C25H29N7O. The quantitative estimate of drug-likeness (QED) is 0.578. The van der Waals surface area contributed by atoms with Gasteiger partial charge < -0.3 is 20.0 Å². The van der Waals surface area contributed by atoms with Crippen LogP contribution < -0.4 is 15.8 Å². The normalized spacial score (nSPS) is 17.7. The molecule has 0 spiro atoms. The van der Waals surface area contributed by atoms with E-state index in [0.717, 1.165) is 56.8 Å². The summed E-state index contributed by atoms with van der Waals surface area (Å²) < 4.78 is 1.71. The zero-order valence-electron chi connectivity index (χ0n) is 19.2. The number of piperazine rings is 1. The van der Waals surface area contributed by atoms with Crippen LogP contribution in [0.25, 0.3) is 11.0 Å². The zero-order valence-corrected chi connectivity index (χ0v) is 19.2. The Kier molecular flexibility index (Phi) is 5.75. The highest BCUT2D eigenvalue weighted by Crippen LogP contribution is 2.28. The van der Waals surface area contributed by atoms with Crippen LogP contribution in [-0.2, 0) is 13.1 Å². The second kappa shape index (κ2) is 8.85. The molecule has 8 nitrogen and oxygen atoms in total. The monoisotopic (exact) mass is 443 g/mol. The van der Waals surface area contributed by atoms with Crippen molar-refractivity contribution >= 4 is 28.4 Å². The van der Waals surface area contributed by atoms with Gasteiger partial charge >= 0.3 is 0 Å². The second-order valence-electron chi connectivity index (χ2n) is 8.97. The molecule has 0 saturated carbocycles. The van der Waals surface area contributed by atoms with E-state index in [0.29, 0.717) is 23.7 Å². The number of rotatable bonds is 1. The molecule has 2 aliphatic rings. The molecule has 0 atom stereocenters. The first-order valence-electron chi connectivity index (χ1n) is 11.4. The molecule has 0 radical (unpaired) electrons. The molecule has 0 amide bonds. The molecule has 33 heavy (non-hydrogen) atoms. The molecular weight excluding hydrogens is 414 g/mol. The van der Waals surface area contributed by atoms with Crippen LogP contribution in [-0.4, -0.2) is 71.2 Å². The topological polar surface area (TPSA) is 69.5 Å². The fourth-order valence-electron chi connectivity index (χ4n) is 4.69. The van der Waals surface area contributed by atoms with Gasteiger partial charge in [0, 0.05) is 68.5 Å². The van der Waals surface area contributed by atoms with E-state index in [1.807, 2.05) is 0 Å². The first kappa shape index (κ1) is 21.4. The van der Waals surface area contributed by atoms with Crippen LogP contribution in [0.1, 0.15) is 17.5 Å². The molecule has 4 heterocycles. The molecule has 5 rings (SSSR count). The van der Waals surface area contributed by atoms with Crippen molar-refractivity contribution in [2.45, 2.75) is 19.5 Å². The van der Waals surface area contributed by atoms with Crippen molar-refractivity contribution in [2.75, 3.05) is 57.0 Å². The highest BCUT2D eigenvalue weighted by molar-refractivity contribution is 5.82. The molecule has 1 N–H and O–H groups in total. The first-order valence-corrected chi connectivity index (χ1v) is 11.4. The number of fused-ring (bicyclic) bond motifs is 3. The summed E-state index contributed by atoms with van der Waals surface area (Å²) in [7, 11) is 4.31. The van der Waals surface area contributed by atoms with E-state index in [2.05, 4.69) is 63.2 Å². The molecule has 1 aromatic carbocycles. The summed E-state index contributed by atoms with van der Waals surface area (Å²) in [6.07, 6.45) is 8.18. The Morgan fingerprint density at radius 2 is 1.85 bits per heavy atom. The molecule has 2 aliphatic heterocycles. The minimum absolute atomic E-state index is 0.129. The number of nitrogens with zero attached hydrogens (tertiary/aromatic N) is 6. The lowest BCUT2D eigenvalue weighted by molar-refractivity contribution is 0.306. The Labute approximate surface area is 193 Å². The van der Waals surface area contributed by atoms with Gasteiger partial charge in [0.25, 0.3) is 5.56 Å². The number of hydrogen-bond donors (Lipinski definition) is 1. The maximum atomic E-state index is 12.8. The zero-order chi connectivity index (χ0) is 22.9. The van der Waals surface area contributed by atoms with Crippen molar-refractivity contribution in [1.29, 1.82) is 0 Å². The summed E-state index contributed by atoms with van der Waals surface area (Å²) in [5.74, 6) is 3.05. The summed E-state index contributed by atoms with van der Waals surface area (Å²) in [5.41, 5.74) is 4.45. The fraction of sp³-hybridized carbons (Fsp3) is 0.400. The Hall–Kier alpha value is -3.41. The van der Waals surface area contributed by atoms with E-state index in [9.17, 15) is 4.79 Å². The number of hydrogen-bond acceptors (Lipinski definition) is 7. The van der Waals surface area contributed by atoms with E-state index in [-0.39, 0.29) is 5.56 Å². The summed E-state index contributed by atoms with van der Waals surface area (Å²) in [5, 5.41) is 4.06. The minimum atomic E-state index is -0.129. The van der Waals surface area contributed by atoms with Gasteiger partial charge in [-0.15, -0.1) is 6.42 Å². The molecule has 1 fully saturated rings. The van der Waals surface area contributed by atoms with Crippen molar-refractivity contribution in [3.63, 3.8) is 0 Å². The number of pyridine rings is 1. The minimum Gasteiger partial charge on any atom is -0.369 e. The molecule has 4 bridgehead atoms. The van der Waals surface area contributed by atoms with Gasteiger partial charge in [0.05, 0.1) is 5.39 Å². The molecule has 170 valence electrons. The summed E-state index contributed by atoms with van der Waals surface area (Å²) >= 11 is 0. The van der Waals surface area contributed by atoms with Crippen molar-refractivity contribution in [2.24, 2.45) is 0 Å². The maximum absolute atomic E-state index is 12.8. The Morgan fingerprint density at radius 1 is 1.03 bits per heavy atom. The largest absolute Gasteiger partial charge is 0.369 e. The van der Waals surface area contributed by atoms with E-state index in [4.69, 9.17) is 11.4 Å². The number of aromatic nitrogens is 3. The van der Waals surface area contributed by atoms with Crippen molar-refractivity contribution in [3.05, 3.63) is 51.9 Å². The van der Waals surface area contributed by atoms with Crippen LogP contribution in [0, 0.1) is 12.3 Å². The molecule has 2 aromatic heterocycles. The Morgan fingerprint density at radius 3 is 2.64 bits per heavy atom. The Balaban J connectivity index is 1.57. The first-order chi connectivity index (χ1) is 16.0. The van der Waals surface area contributed by atoms with E-state index < -0.39 is 0 Å². The third-order valence-corrected chi connectivity index (χ3v) is 6.55. The maximum Gasteiger partial charge on any atom is 0.253 e. The molecule has 0 unspecified atom stereocenters. The van der Waals surface area contributed by atoms with Crippen LogP contribution in [0.3, 0.4) is 0 Å². The van der Waals surface area contributed by atoms with Gasteiger partial charge in [-0.3, -0.25) is 9.36 Å². The lowest BCUT2D eigenvalue weighted by Crippen LogP contribution is -2.45. The highest BCUT2D eigenvalue weighted by atomic mass is 16.1. The second-order valence-corrected chi connectivity index (χ2v) is 8.97. The summed E-state index contributed by atoms with van der Waals surface area (Å²) in [6, 6.07) is 7.98. The molecule has 0 aliphatic carbocycles. The van der Waals surface area contributed by atoms with Crippen LogP contribution in [0.4, 0.5) is 17.3 Å². The van der Waals surface area contributed by atoms with Crippen LogP contribution in [0.2, 0.25) is 0 Å². The van der Waals surface area contributed by atoms with Gasteiger partial charge in [0.2, 0.25) is 5.95 Å². The average molecular weight is 444 g/mol. The average Bonchev–Trinajstić information content (AvgIpc) is 2.81. The Bertz CT molecular complexity index is 1280. The van der Waals surface area contributed by atoms with E-state index >= 15 is 0 Å². The van der Waals surface area contributed by atoms with Crippen LogP contribution in [0.15, 0.2) is 35.3 Å². The van der Waals surface area contributed by atoms with Crippen molar-refractivity contribution in [3.8, 4) is 12.3 Å². The SMILES string of the molecule is C#Cc1cc(=O)n2c3nc(ncc13)Nc1ccc(N3CCN(C)CC3)c(c1)CN(C)CCC2. The summed E-state index contributed by atoms with van der Waals surface area (Å²) in [4.78, 5) is 29.1. The predicted molar refractivity (Wildman–Crippen MR) is 132 cm³/mol. The van der Waals surface area contributed by atoms with E-state index in [1.54, 1.807) is 10.8 Å². The number of nitrogens with one attached hydrogen (secondary N) is 1. The molecule has 3 aromatic rings. The molecule has 1 saturated heterocycles. The number of benzene rings is 1. The summed E-state index contributed by atoms with van der Waals surface area (Å²) in [6.45, 7) is 6.44.